The van der Waals surface area contributed by atoms with E-state index in [2.05, 4.69) is 20.1 Å². The fourth-order valence-electron chi connectivity index (χ4n) is 4.36. The number of anilines is 1. The second kappa shape index (κ2) is 13.3. The molecular weight excluding hydrogens is 577 g/mol. The number of benzene rings is 1. The van der Waals surface area contributed by atoms with Crippen LogP contribution < -0.4 is 19.1 Å². The van der Waals surface area contributed by atoms with Gasteiger partial charge in [0, 0.05) is 50.0 Å². The van der Waals surface area contributed by atoms with Crippen molar-refractivity contribution in [2.75, 3.05) is 50.5 Å². The molecule has 0 unspecified atom stereocenters. The summed E-state index contributed by atoms with van der Waals surface area (Å²) in [5.74, 6) is -0.438. The van der Waals surface area contributed by atoms with Crippen LogP contribution in [0.25, 0.3) is 11.1 Å². The minimum Gasteiger partial charge on any atom is -0.496 e. The number of nitrogens with one attached hydrogen (secondary N) is 1. The molecule has 2 aromatic heterocycles. The third-order valence-electron chi connectivity index (χ3n) is 6.52. The number of nitrogens with zero attached hydrogens (tertiary/aromatic N) is 5. The van der Waals surface area contributed by atoms with Crippen molar-refractivity contribution in [1.29, 1.82) is 0 Å². The number of alkyl halides is 3. The molecule has 1 aromatic carbocycles. The van der Waals surface area contributed by atoms with Gasteiger partial charge in [-0.3, -0.25) is 14.7 Å². The van der Waals surface area contributed by atoms with E-state index in [1.54, 1.807) is 24.2 Å². The number of amides is 1. The van der Waals surface area contributed by atoms with Crippen LogP contribution in [0.4, 0.5) is 19.0 Å². The predicted octanol–water partition coefficient (Wildman–Crippen LogP) is 3.28. The molecule has 0 saturated carbocycles. The van der Waals surface area contributed by atoms with Gasteiger partial charge in [-0.2, -0.15) is 13.2 Å². The van der Waals surface area contributed by atoms with Gasteiger partial charge in [0.15, 0.2) is 11.5 Å². The third-order valence-corrected chi connectivity index (χ3v) is 7.76. The zero-order valence-corrected chi connectivity index (χ0v) is 23.9. The number of sulfonamides is 1. The minimum atomic E-state index is -4.66. The van der Waals surface area contributed by atoms with Crippen LogP contribution in [0.15, 0.2) is 48.8 Å². The van der Waals surface area contributed by atoms with Gasteiger partial charge in [0.25, 0.3) is 5.91 Å². The van der Waals surface area contributed by atoms with E-state index in [9.17, 15) is 26.4 Å². The normalized spacial score (nSPS) is 14.5. The Kier molecular flexibility index (Phi) is 9.83. The van der Waals surface area contributed by atoms with Gasteiger partial charge in [-0.1, -0.05) is 12.1 Å². The Morgan fingerprint density at radius 1 is 1.02 bits per heavy atom. The Bertz CT molecular complexity index is 1480. The van der Waals surface area contributed by atoms with Crippen molar-refractivity contribution in [2.24, 2.45) is 0 Å². The van der Waals surface area contributed by atoms with Crippen molar-refractivity contribution in [2.45, 2.75) is 26.1 Å². The minimum absolute atomic E-state index is 0.316. The molecule has 3 aromatic rings. The van der Waals surface area contributed by atoms with E-state index < -0.39 is 34.3 Å². The van der Waals surface area contributed by atoms with Gasteiger partial charge in [-0.05, 0) is 36.8 Å². The first-order chi connectivity index (χ1) is 20.0. The van der Waals surface area contributed by atoms with E-state index in [0.29, 0.717) is 50.9 Å². The van der Waals surface area contributed by atoms with Crippen LogP contribution >= 0.6 is 0 Å². The zero-order valence-electron chi connectivity index (χ0n) is 23.1. The standard InChI is InChI=1S/C27H31F3N6O5S/c1-3-41-22-14-21(16-31-17-22)19-4-5-20(24(15-19)40-2)18-35-9-11-36(12-10-35)25-7-6-23(32-33-25)26(37)34-42(38,39)13-8-27(28,29)30/h4-7,14-17H,3,8-13,18H2,1-2H3,(H,34,37). The summed E-state index contributed by atoms with van der Waals surface area (Å²) in [6.45, 7) is 5.83. The molecule has 42 heavy (non-hydrogen) atoms. The fraction of sp³-hybridized carbons (Fsp3) is 0.407. The molecule has 0 radical (unpaired) electrons. The predicted molar refractivity (Wildman–Crippen MR) is 149 cm³/mol. The Morgan fingerprint density at radius 2 is 1.79 bits per heavy atom. The summed E-state index contributed by atoms with van der Waals surface area (Å²) in [6, 6.07) is 10.8. The van der Waals surface area contributed by atoms with Gasteiger partial charge < -0.3 is 14.4 Å². The molecule has 15 heteroatoms. The van der Waals surface area contributed by atoms with Crippen LogP contribution in [0, 0.1) is 0 Å². The van der Waals surface area contributed by atoms with E-state index >= 15 is 0 Å². The number of aromatic nitrogens is 3. The molecule has 4 rings (SSSR count). The summed E-state index contributed by atoms with van der Waals surface area (Å²) < 4.78 is 73.4. The number of piperazine rings is 1. The first-order valence-corrected chi connectivity index (χ1v) is 14.8. The lowest BCUT2D eigenvalue weighted by molar-refractivity contribution is -0.130. The summed E-state index contributed by atoms with van der Waals surface area (Å²) in [4.78, 5) is 20.7. The van der Waals surface area contributed by atoms with Crippen LogP contribution in [-0.4, -0.2) is 86.2 Å². The average Bonchev–Trinajstić information content (AvgIpc) is 2.97. The number of hydrogen-bond donors (Lipinski definition) is 1. The lowest BCUT2D eigenvalue weighted by Gasteiger charge is -2.35. The second-order valence-electron chi connectivity index (χ2n) is 9.52. The van der Waals surface area contributed by atoms with Gasteiger partial charge >= 0.3 is 6.18 Å². The number of carbonyl (C=O) groups is 1. The van der Waals surface area contributed by atoms with Crippen LogP contribution in [0.2, 0.25) is 0 Å². The second-order valence-corrected chi connectivity index (χ2v) is 11.4. The molecular formula is C27H31F3N6O5S. The lowest BCUT2D eigenvalue weighted by atomic mass is 10.0. The summed E-state index contributed by atoms with van der Waals surface area (Å²) >= 11 is 0. The molecule has 11 nitrogen and oxygen atoms in total. The quantitative estimate of drug-likeness (QED) is 0.347. The molecule has 1 aliphatic rings. The molecule has 3 heterocycles. The maximum atomic E-state index is 12.3. The summed E-state index contributed by atoms with van der Waals surface area (Å²) in [5, 5.41) is 7.79. The zero-order chi connectivity index (χ0) is 30.3. The number of halogens is 3. The van der Waals surface area contributed by atoms with Crippen molar-refractivity contribution >= 4 is 21.7 Å². The Hall–Kier alpha value is -3.98. The van der Waals surface area contributed by atoms with E-state index in [1.807, 2.05) is 36.1 Å². The lowest BCUT2D eigenvalue weighted by Crippen LogP contribution is -2.46. The van der Waals surface area contributed by atoms with Crippen LogP contribution in [-0.2, 0) is 16.6 Å². The number of hydrogen-bond acceptors (Lipinski definition) is 10. The van der Waals surface area contributed by atoms with Crippen molar-refractivity contribution in [3.63, 3.8) is 0 Å². The first-order valence-electron chi connectivity index (χ1n) is 13.1. The molecule has 0 aliphatic carbocycles. The first kappa shape index (κ1) is 31.0. The molecule has 1 aliphatic heterocycles. The van der Waals surface area contributed by atoms with E-state index in [1.165, 1.54) is 12.1 Å². The van der Waals surface area contributed by atoms with Crippen molar-refractivity contribution in [3.8, 4) is 22.6 Å². The van der Waals surface area contributed by atoms with Crippen LogP contribution in [0.3, 0.4) is 0 Å². The fourth-order valence-corrected chi connectivity index (χ4v) is 5.35. The monoisotopic (exact) mass is 608 g/mol. The van der Waals surface area contributed by atoms with Gasteiger partial charge in [-0.25, -0.2) is 13.1 Å². The van der Waals surface area contributed by atoms with Crippen LogP contribution in [0.5, 0.6) is 11.5 Å². The SMILES string of the molecule is CCOc1cncc(-c2ccc(CN3CCN(c4ccc(C(=O)NS(=O)(=O)CCC(F)(F)F)nn4)CC3)c(OC)c2)c1. The summed E-state index contributed by atoms with van der Waals surface area (Å²) in [6.07, 6.45) is -2.77. The molecule has 1 saturated heterocycles. The molecule has 0 atom stereocenters. The average molecular weight is 609 g/mol. The Balaban J connectivity index is 1.32. The highest BCUT2D eigenvalue weighted by atomic mass is 32.2. The molecule has 1 fully saturated rings. The topological polar surface area (TPSA) is 127 Å². The Morgan fingerprint density at radius 3 is 2.43 bits per heavy atom. The van der Waals surface area contributed by atoms with Crippen molar-refractivity contribution in [1.82, 2.24) is 24.8 Å². The van der Waals surface area contributed by atoms with E-state index in [4.69, 9.17) is 9.47 Å². The number of pyridine rings is 1. The maximum absolute atomic E-state index is 12.3. The van der Waals surface area contributed by atoms with Crippen LogP contribution in [0.1, 0.15) is 29.4 Å². The molecule has 1 amide bonds. The molecule has 0 spiro atoms. The summed E-state index contributed by atoms with van der Waals surface area (Å²) in [5.41, 5.74) is 2.60. The highest BCUT2D eigenvalue weighted by Crippen LogP contribution is 2.30. The van der Waals surface area contributed by atoms with Crippen molar-refractivity contribution < 1.29 is 35.9 Å². The highest BCUT2D eigenvalue weighted by molar-refractivity contribution is 7.90. The number of methoxy groups -OCH3 is 1. The summed E-state index contributed by atoms with van der Waals surface area (Å²) in [7, 11) is -2.84. The number of rotatable bonds is 11. The van der Waals surface area contributed by atoms with Gasteiger partial charge in [0.1, 0.15) is 11.5 Å². The Labute approximate surface area is 241 Å². The number of ether oxygens (including phenoxy) is 2. The largest absolute Gasteiger partial charge is 0.496 e. The molecule has 1 N–H and O–H groups in total. The van der Waals surface area contributed by atoms with Gasteiger partial charge in [0.05, 0.1) is 32.1 Å². The third kappa shape index (κ3) is 8.52. The number of carbonyl (C=O) groups excluding carboxylic acids is 1. The smallest absolute Gasteiger partial charge is 0.390 e. The maximum Gasteiger partial charge on any atom is 0.390 e. The van der Waals surface area contributed by atoms with Gasteiger partial charge in [-0.15, -0.1) is 10.2 Å². The molecule has 226 valence electrons. The van der Waals surface area contributed by atoms with E-state index in [-0.39, 0.29) is 5.69 Å². The van der Waals surface area contributed by atoms with Crippen molar-refractivity contribution in [3.05, 3.63) is 60.0 Å². The highest BCUT2D eigenvalue weighted by Gasteiger charge is 2.31. The van der Waals surface area contributed by atoms with E-state index in [0.717, 1.165) is 22.4 Å². The molecule has 0 bridgehead atoms. The van der Waals surface area contributed by atoms with Gasteiger partial charge in [0.2, 0.25) is 10.0 Å².